The van der Waals surface area contributed by atoms with Gasteiger partial charge in [0.05, 0.1) is 13.2 Å². The molecule has 0 bridgehead atoms. The second kappa shape index (κ2) is 12.2. The second-order valence-corrected chi connectivity index (χ2v) is 7.07. The van der Waals surface area contributed by atoms with E-state index in [0.717, 1.165) is 57.5 Å². The number of aliphatic imine (C=N–C) groups is 1. The maximum atomic E-state index is 11.9. The van der Waals surface area contributed by atoms with Crippen molar-refractivity contribution in [1.82, 2.24) is 10.6 Å². The van der Waals surface area contributed by atoms with Crippen molar-refractivity contribution in [2.45, 2.75) is 25.2 Å². The molecule has 2 aliphatic heterocycles. The molecule has 1 saturated heterocycles. The largest absolute Gasteiger partial charge is 0.381 e. The molecule has 7 nitrogen and oxygen atoms in total. The van der Waals surface area contributed by atoms with E-state index in [-0.39, 0.29) is 35.8 Å². The Hall–Kier alpha value is -1.39. The SMILES string of the molecule is CN=C(NCCCOCC1CCOC1)NCC1CC(=O)Nc2ccccc21.I. The summed E-state index contributed by atoms with van der Waals surface area (Å²) >= 11 is 0. The number of halogens is 1. The molecule has 3 N–H and O–H groups in total. The minimum absolute atomic E-state index is 0. The maximum Gasteiger partial charge on any atom is 0.225 e. The lowest BCUT2D eigenvalue weighted by atomic mass is 9.90. The van der Waals surface area contributed by atoms with Gasteiger partial charge in [0.25, 0.3) is 0 Å². The van der Waals surface area contributed by atoms with E-state index in [0.29, 0.717) is 18.9 Å². The third-order valence-corrected chi connectivity index (χ3v) is 4.98. The van der Waals surface area contributed by atoms with Crippen molar-refractivity contribution in [1.29, 1.82) is 0 Å². The van der Waals surface area contributed by atoms with Crippen molar-refractivity contribution >= 4 is 41.5 Å². The fourth-order valence-electron chi connectivity index (χ4n) is 3.47. The molecule has 2 heterocycles. The predicted octanol–water partition coefficient (Wildman–Crippen LogP) is 2.34. The van der Waals surface area contributed by atoms with E-state index >= 15 is 0 Å². The van der Waals surface area contributed by atoms with Crippen molar-refractivity contribution in [2.24, 2.45) is 10.9 Å². The van der Waals surface area contributed by atoms with Crippen molar-refractivity contribution in [3.8, 4) is 0 Å². The molecule has 1 aromatic rings. The van der Waals surface area contributed by atoms with Crippen LogP contribution >= 0.6 is 24.0 Å². The zero-order valence-electron chi connectivity index (χ0n) is 16.4. The van der Waals surface area contributed by atoms with Gasteiger partial charge in [-0.3, -0.25) is 9.79 Å². The second-order valence-electron chi connectivity index (χ2n) is 7.07. The van der Waals surface area contributed by atoms with E-state index in [1.165, 1.54) is 5.56 Å². The molecule has 2 atom stereocenters. The lowest BCUT2D eigenvalue weighted by Crippen LogP contribution is -2.41. The molecule has 3 rings (SSSR count). The van der Waals surface area contributed by atoms with Gasteiger partial charge in [0, 0.05) is 57.3 Å². The fraction of sp³-hybridized carbons (Fsp3) is 0.600. The Balaban J connectivity index is 0.00000280. The Labute approximate surface area is 184 Å². The lowest BCUT2D eigenvalue weighted by Gasteiger charge is -2.26. The summed E-state index contributed by atoms with van der Waals surface area (Å²) in [6.45, 7) is 4.68. The molecule has 8 heteroatoms. The van der Waals surface area contributed by atoms with Crippen molar-refractivity contribution in [2.75, 3.05) is 51.9 Å². The van der Waals surface area contributed by atoms with Gasteiger partial charge >= 0.3 is 0 Å². The first-order valence-electron chi connectivity index (χ1n) is 9.75. The highest BCUT2D eigenvalue weighted by atomic mass is 127. The zero-order valence-corrected chi connectivity index (χ0v) is 18.7. The van der Waals surface area contributed by atoms with E-state index in [4.69, 9.17) is 9.47 Å². The van der Waals surface area contributed by atoms with Gasteiger partial charge in [-0.2, -0.15) is 0 Å². The third kappa shape index (κ3) is 6.89. The van der Waals surface area contributed by atoms with Crippen LogP contribution in [0, 0.1) is 5.92 Å². The lowest BCUT2D eigenvalue weighted by molar-refractivity contribution is -0.116. The van der Waals surface area contributed by atoms with Crippen LogP contribution < -0.4 is 16.0 Å². The number of nitrogens with zero attached hydrogens (tertiary/aromatic N) is 1. The number of ether oxygens (including phenoxy) is 2. The molecule has 2 unspecified atom stereocenters. The van der Waals surface area contributed by atoms with E-state index in [9.17, 15) is 4.79 Å². The van der Waals surface area contributed by atoms with Crippen LogP contribution in [-0.2, 0) is 14.3 Å². The number of benzene rings is 1. The van der Waals surface area contributed by atoms with Gasteiger partial charge in [0.1, 0.15) is 0 Å². The number of fused-ring (bicyclic) bond motifs is 1. The van der Waals surface area contributed by atoms with Crippen LogP contribution in [-0.4, -0.2) is 58.4 Å². The Morgan fingerprint density at radius 3 is 3.00 bits per heavy atom. The number of nitrogens with one attached hydrogen (secondary N) is 3. The van der Waals surface area contributed by atoms with E-state index in [1.54, 1.807) is 7.05 Å². The first kappa shape index (κ1) is 22.9. The predicted molar refractivity (Wildman–Crippen MR) is 122 cm³/mol. The summed E-state index contributed by atoms with van der Waals surface area (Å²) in [5.74, 6) is 1.52. The summed E-state index contributed by atoms with van der Waals surface area (Å²) in [6, 6.07) is 7.97. The van der Waals surface area contributed by atoms with Gasteiger partial charge in [0.2, 0.25) is 5.91 Å². The Bertz CT molecular complexity index is 650. The number of amides is 1. The zero-order chi connectivity index (χ0) is 18.9. The fourth-order valence-corrected chi connectivity index (χ4v) is 3.47. The Morgan fingerprint density at radius 2 is 2.21 bits per heavy atom. The number of rotatable bonds is 8. The van der Waals surface area contributed by atoms with Crippen LogP contribution in [0.15, 0.2) is 29.3 Å². The number of para-hydroxylation sites is 1. The molecular weight excluding hydrogens is 471 g/mol. The Morgan fingerprint density at radius 1 is 1.36 bits per heavy atom. The molecule has 28 heavy (non-hydrogen) atoms. The highest BCUT2D eigenvalue weighted by Crippen LogP contribution is 2.31. The van der Waals surface area contributed by atoms with Crippen molar-refractivity contribution < 1.29 is 14.3 Å². The minimum Gasteiger partial charge on any atom is -0.381 e. The molecule has 0 radical (unpaired) electrons. The van der Waals surface area contributed by atoms with Gasteiger partial charge in [0.15, 0.2) is 5.96 Å². The van der Waals surface area contributed by atoms with Crippen LogP contribution in [0.1, 0.15) is 30.7 Å². The summed E-state index contributed by atoms with van der Waals surface area (Å²) in [6.07, 6.45) is 2.51. The maximum absolute atomic E-state index is 11.9. The number of carbonyl (C=O) groups excluding carboxylic acids is 1. The highest BCUT2D eigenvalue weighted by Gasteiger charge is 2.24. The standard InChI is InChI=1S/C20H30N4O3.HI/c1-21-20(22-8-4-9-26-13-15-7-10-27-14-15)23-12-16-11-19(25)24-18-6-3-2-5-17(16)18;/h2-3,5-6,15-16H,4,7-14H2,1H3,(H,24,25)(H2,21,22,23);1H. The molecule has 0 saturated carbocycles. The monoisotopic (exact) mass is 502 g/mol. The first-order chi connectivity index (χ1) is 13.3. The normalized spacial score (nSPS) is 21.5. The molecule has 1 amide bonds. The molecule has 156 valence electrons. The highest BCUT2D eigenvalue weighted by molar-refractivity contribution is 14.0. The van der Waals surface area contributed by atoms with Crippen molar-refractivity contribution in [3.05, 3.63) is 29.8 Å². The van der Waals surface area contributed by atoms with Gasteiger partial charge in [-0.1, -0.05) is 18.2 Å². The molecule has 0 aromatic heterocycles. The van der Waals surface area contributed by atoms with Gasteiger partial charge in [-0.05, 0) is 24.5 Å². The molecular formula is C20H31IN4O3. The number of guanidine groups is 1. The quantitative estimate of drug-likeness (QED) is 0.220. The van der Waals surface area contributed by atoms with Gasteiger partial charge in [-0.15, -0.1) is 24.0 Å². The molecule has 1 aromatic carbocycles. The number of hydrogen-bond acceptors (Lipinski definition) is 4. The molecule has 0 aliphatic carbocycles. The molecule has 1 fully saturated rings. The summed E-state index contributed by atoms with van der Waals surface area (Å²) in [5, 5.41) is 9.58. The summed E-state index contributed by atoms with van der Waals surface area (Å²) in [4.78, 5) is 16.2. The minimum atomic E-state index is 0. The summed E-state index contributed by atoms with van der Waals surface area (Å²) in [7, 11) is 1.76. The van der Waals surface area contributed by atoms with E-state index < -0.39 is 0 Å². The molecule has 0 spiro atoms. The first-order valence-corrected chi connectivity index (χ1v) is 9.75. The van der Waals surface area contributed by atoms with E-state index in [1.807, 2.05) is 18.2 Å². The van der Waals surface area contributed by atoms with Crippen LogP contribution in [0.3, 0.4) is 0 Å². The van der Waals surface area contributed by atoms with Gasteiger partial charge in [-0.25, -0.2) is 0 Å². The topological polar surface area (TPSA) is 84.0 Å². The van der Waals surface area contributed by atoms with Crippen molar-refractivity contribution in [3.63, 3.8) is 0 Å². The Kier molecular flexibility index (Phi) is 10.0. The average Bonchev–Trinajstić information content (AvgIpc) is 3.20. The third-order valence-electron chi connectivity index (χ3n) is 4.98. The van der Waals surface area contributed by atoms with Crippen LogP contribution in [0.25, 0.3) is 0 Å². The summed E-state index contributed by atoms with van der Waals surface area (Å²) in [5.41, 5.74) is 2.08. The van der Waals surface area contributed by atoms with Crippen LogP contribution in [0.4, 0.5) is 5.69 Å². The molecule has 2 aliphatic rings. The smallest absolute Gasteiger partial charge is 0.225 e. The van der Waals surface area contributed by atoms with E-state index in [2.05, 4.69) is 27.0 Å². The number of carbonyl (C=O) groups is 1. The van der Waals surface area contributed by atoms with Crippen LogP contribution in [0.5, 0.6) is 0 Å². The van der Waals surface area contributed by atoms with Gasteiger partial charge < -0.3 is 25.4 Å². The van der Waals surface area contributed by atoms with Crippen LogP contribution in [0.2, 0.25) is 0 Å². The summed E-state index contributed by atoms with van der Waals surface area (Å²) < 4.78 is 11.1. The number of hydrogen-bond donors (Lipinski definition) is 3. The average molecular weight is 502 g/mol. The number of anilines is 1.